The van der Waals surface area contributed by atoms with Gasteiger partial charge < -0.3 is 15.8 Å². The van der Waals surface area contributed by atoms with Crippen LogP contribution in [-0.4, -0.2) is 29.7 Å². The molecule has 0 radical (unpaired) electrons. The molecule has 0 aliphatic heterocycles. The first kappa shape index (κ1) is 15.2. The third kappa shape index (κ3) is 3.46. The summed E-state index contributed by atoms with van der Waals surface area (Å²) in [6.07, 6.45) is 1.35. The van der Waals surface area contributed by atoms with Crippen molar-refractivity contribution in [1.82, 2.24) is 15.3 Å². The van der Waals surface area contributed by atoms with Crippen LogP contribution in [0.2, 0.25) is 0 Å². The average Bonchev–Trinajstić information content (AvgIpc) is 2.48. The maximum atomic E-state index is 13.5. The number of rotatable bonds is 5. The molecule has 2 aromatic rings. The summed E-state index contributed by atoms with van der Waals surface area (Å²) in [6, 6.07) is 4.67. The third-order valence-corrected chi connectivity index (χ3v) is 3.26. The molecular formula is C15H19FN4O. The number of ether oxygens (including phenoxy) is 1. The van der Waals surface area contributed by atoms with Crippen LogP contribution in [0.5, 0.6) is 5.75 Å². The van der Waals surface area contributed by atoms with Gasteiger partial charge in [0, 0.05) is 11.6 Å². The minimum absolute atomic E-state index is 0.145. The zero-order valence-corrected chi connectivity index (χ0v) is 12.4. The van der Waals surface area contributed by atoms with E-state index in [4.69, 9.17) is 10.5 Å². The fraction of sp³-hybridized carbons (Fsp3) is 0.333. The number of benzene rings is 1. The average molecular weight is 290 g/mol. The number of nitrogens with one attached hydrogen (secondary N) is 1. The molecule has 2 rings (SSSR count). The highest BCUT2D eigenvalue weighted by molar-refractivity contribution is 5.73. The molecule has 1 aromatic heterocycles. The standard InChI is InChI=1S/C15H19FN4O/c1-9-4-5-11(16)6-12(9)13-14(15(17)20-8-19-13)21-7-10(2)18-3/h4-6,8,10,18H,7H2,1-3H3,(H2,17,19,20). The molecule has 112 valence electrons. The molecule has 0 fully saturated rings. The summed E-state index contributed by atoms with van der Waals surface area (Å²) in [5, 5.41) is 3.07. The lowest BCUT2D eigenvalue weighted by Gasteiger charge is -2.16. The van der Waals surface area contributed by atoms with Gasteiger partial charge in [0.1, 0.15) is 24.4 Å². The minimum Gasteiger partial charge on any atom is -0.486 e. The summed E-state index contributed by atoms with van der Waals surface area (Å²) in [5.41, 5.74) is 7.93. The van der Waals surface area contributed by atoms with E-state index in [9.17, 15) is 4.39 Å². The zero-order valence-electron chi connectivity index (χ0n) is 12.4. The Bertz CT molecular complexity index is 633. The van der Waals surface area contributed by atoms with Crippen LogP contribution in [0.1, 0.15) is 12.5 Å². The number of aryl methyl sites for hydroxylation is 1. The first-order valence-electron chi connectivity index (χ1n) is 6.70. The molecule has 0 aliphatic rings. The number of hydrogen-bond acceptors (Lipinski definition) is 5. The van der Waals surface area contributed by atoms with Gasteiger partial charge in [-0.2, -0.15) is 0 Å². The van der Waals surface area contributed by atoms with E-state index in [1.807, 2.05) is 20.9 Å². The van der Waals surface area contributed by atoms with Crippen molar-refractivity contribution in [3.63, 3.8) is 0 Å². The molecule has 1 atom stereocenters. The van der Waals surface area contributed by atoms with Gasteiger partial charge in [-0.15, -0.1) is 0 Å². The highest BCUT2D eigenvalue weighted by atomic mass is 19.1. The molecular weight excluding hydrogens is 271 g/mol. The Morgan fingerprint density at radius 2 is 2.14 bits per heavy atom. The molecule has 0 amide bonds. The first-order valence-corrected chi connectivity index (χ1v) is 6.70. The topological polar surface area (TPSA) is 73.1 Å². The Morgan fingerprint density at radius 1 is 1.38 bits per heavy atom. The number of nitrogens with zero attached hydrogens (tertiary/aromatic N) is 2. The van der Waals surface area contributed by atoms with Crippen molar-refractivity contribution < 1.29 is 9.13 Å². The molecule has 0 aliphatic carbocycles. The summed E-state index contributed by atoms with van der Waals surface area (Å²) in [5.74, 6) is 0.294. The van der Waals surface area contributed by atoms with Gasteiger partial charge in [0.2, 0.25) is 0 Å². The molecule has 21 heavy (non-hydrogen) atoms. The van der Waals surface area contributed by atoms with E-state index in [0.29, 0.717) is 23.6 Å². The van der Waals surface area contributed by atoms with Gasteiger partial charge in [0.25, 0.3) is 0 Å². The molecule has 0 spiro atoms. The number of likely N-dealkylation sites (N-methyl/N-ethyl adjacent to an activating group) is 1. The van der Waals surface area contributed by atoms with E-state index >= 15 is 0 Å². The van der Waals surface area contributed by atoms with Gasteiger partial charge >= 0.3 is 0 Å². The van der Waals surface area contributed by atoms with Crippen LogP contribution in [-0.2, 0) is 0 Å². The number of aromatic nitrogens is 2. The Labute approximate surface area is 123 Å². The Balaban J connectivity index is 2.44. The maximum Gasteiger partial charge on any atom is 0.187 e. The fourth-order valence-electron chi connectivity index (χ4n) is 1.86. The number of halogens is 1. The van der Waals surface area contributed by atoms with E-state index in [1.165, 1.54) is 18.5 Å². The number of nitrogens with two attached hydrogens (primary N) is 1. The van der Waals surface area contributed by atoms with Crippen molar-refractivity contribution in [2.24, 2.45) is 0 Å². The molecule has 0 saturated carbocycles. The Hall–Kier alpha value is -2.21. The van der Waals surface area contributed by atoms with Crippen LogP contribution in [0.4, 0.5) is 10.2 Å². The highest BCUT2D eigenvalue weighted by Gasteiger charge is 2.16. The van der Waals surface area contributed by atoms with Crippen molar-refractivity contribution in [3.8, 4) is 17.0 Å². The zero-order chi connectivity index (χ0) is 15.4. The van der Waals surface area contributed by atoms with Crippen LogP contribution in [0.25, 0.3) is 11.3 Å². The SMILES string of the molecule is CNC(C)COc1c(N)ncnc1-c1cc(F)ccc1C. The van der Waals surface area contributed by atoms with Crippen LogP contribution < -0.4 is 15.8 Å². The largest absolute Gasteiger partial charge is 0.486 e. The smallest absolute Gasteiger partial charge is 0.187 e. The van der Waals surface area contributed by atoms with Gasteiger partial charge in [0.05, 0.1) is 0 Å². The molecule has 3 N–H and O–H groups in total. The summed E-state index contributed by atoms with van der Waals surface area (Å²) >= 11 is 0. The number of anilines is 1. The fourth-order valence-corrected chi connectivity index (χ4v) is 1.86. The summed E-state index contributed by atoms with van der Waals surface area (Å²) < 4.78 is 19.2. The second-order valence-corrected chi connectivity index (χ2v) is 4.90. The van der Waals surface area contributed by atoms with Crippen molar-refractivity contribution in [1.29, 1.82) is 0 Å². The molecule has 1 unspecified atom stereocenters. The molecule has 5 nitrogen and oxygen atoms in total. The van der Waals surface area contributed by atoms with E-state index in [2.05, 4.69) is 15.3 Å². The van der Waals surface area contributed by atoms with Crippen LogP contribution in [0, 0.1) is 12.7 Å². The lowest BCUT2D eigenvalue weighted by Crippen LogP contribution is -2.28. The second kappa shape index (κ2) is 6.49. The van der Waals surface area contributed by atoms with Crippen LogP contribution in [0.15, 0.2) is 24.5 Å². The van der Waals surface area contributed by atoms with E-state index in [-0.39, 0.29) is 17.7 Å². The van der Waals surface area contributed by atoms with Crippen LogP contribution in [0.3, 0.4) is 0 Å². The van der Waals surface area contributed by atoms with Crippen LogP contribution >= 0.6 is 0 Å². The molecule has 6 heteroatoms. The summed E-state index contributed by atoms with van der Waals surface area (Å²) in [6.45, 7) is 4.27. The van der Waals surface area contributed by atoms with E-state index in [0.717, 1.165) is 5.56 Å². The quantitative estimate of drug-likeness (QED) is 0.883. The van der Waals surface area contributed by atoms with Gasteiger partial charge in [-0.05, 0) is 38.6 Å². The van der Waals surface area contributed by atoms with Crippen molar-refractivity contribution in [2.45, 2.75) is 19.9 Å². The summed E-state index contributed by atoms with van der Waals surface area (Å²) in [4.78, 5) is 8.16. The van der Waals surface area contributed by atoms with Gasteiger partial charge in [0.15, 0.2) is 11.6 Å². The minimum atomic E-state index is -0.331. The van der Waals surface area contributed by atoms with Gasteiger partial charge in [-0.1, -0.05) is 6.07 Å². The highest BCUT2D eigenvalue weighted by Crippen LogP contribution is 2.33. The first-order chi connectivity index (χ1) is 10.0. The monoisotopic (exact) mass is 290 g/mol. The maximum absolute atomic E-state index is 13.5. The normalized spacial score (nSPS) is 12.2. The van der Waals surface area contributed by atoms with Crippen molar-refractivity contribution >= 4 is 5.82 Å². The molecule has 1 aromatic carbocycles. The van der Waals surface area contributed by atoms with Crippen molar-refractivity contribution in [3.05, 3.63) is 35.9 Å². The lowest BCUT2D eigenvalue weighted by atomic mass is 10.0. The Kier molecular flexibility index (Phi) is 4.70. The predicted molar refractivity (Wildman–Crippen MR) is 80.6 cm³/mol. The molecule has 1 heterocycles. The molecule has 0 bridgehead atoms. The predicted octanol–water partition coefficient (Wildman–Crippen LogP) is 2.16. The Morgan fingerprint density at radius 3 is 2.86 bits per heavy atom. The van der Waals surface area contributed by atoms with Gasteiger partial charge in [-0.25, -0.2) is 14.4 Å². The molecule has 0 saturated heterocycles. The third-order valence-electron chi connectivity index (χ3n) is 3.26. The lowest BCUT2D eigenvalue weighted by molar-refractivity contribution is 0.280. The summed E-state index contributed by atoms with van der Waals surface area (Å²) in [7, 11) is 1.84. The number of nitrogen functional groups attached to an aromatic ring is 1. The van der Waals surface area contributed by atoms with Gasteiger partial charge in [-0.3, -0.25) is 0 Å². The van der Waals surface area contributed by atoms with E-state index < -0.39 is 0 Å². The second-order valence-electron chi connectivity index (χ2n) is 4.90. The van der Waals surface area contributed by atoms with E-state index in [1.54, 1.807) is 6.07 Å². The number of hydrogen-bond donors (Lipinski definition) is 2. The van der Waals surface area contributed by atoms with Crippen molar-refractivity contribution in [2.75, 3.05) is 19.4 Å².